The second-order valence-electron chi connectivity index (χ2n) is 7.44. The number of nitrogen functional groups attached to an aromatic ring is 1. The van der Waals surface area contributed by atoms with Crippen molar-refractivity contribution in [1.29, 1.82) is 0 Å². The number of fused-ring (bicyclic) bond motifs is 1. The van der Waals surface area contributed by atoms with Gasteiger partial charge in [-0.25, -0.2) is 14.6 Å². The molecule has 1 radical (unpaired) electrons. The Hall–Kier alpha value is -3.61. The summed E-state index contributed by atoms with van der Waals surface area (Å²) in [5.41, 5.74) is 8.00. The Morgan fingerprint density at radius 3 is 2.67 bits per heavy atom. The molecule has 2 N–H and O–H groups in total. The molecule has 1 amide bonds. The van der Waals surface area contributed by atoms with Crippen LogP contribution in [0.4, 0.5) is 5.82 Å². The van der Waals surface area contributed by atoms with Crippen LogP contribution in [0, 0.1) is 6.58 Å². The number of hydrogen-bond acceptors (Lipinski definition) is 7. The number of carbonyl (C=O) groups is 1. The minimum absolute atomic E-state index is 0. The molecule has 4 aromatic rings. The number of aromatic nitrogens is 5. The van der Waals surface area contributed by atoms with E-state index < -0.39 is 0 Å². The van der Waals surface area contributed by atoms with E-state index >= 15 is 0 Å². The molecule has 1 saturated heterocycles. The third-order valence-corrected chi connectivity index (χ3v) is 5.44. The summed E-state index contributed by atoms with van der Waals surface area (Å²) in [6.07, 6.45) is 4.87. The normalized spacial score (nSPS) is 15.3. The molecule has 1 aromatic carbocycles. The molecular formula is C23H20N7O2Re-. The molecule has 5 rings (SSSR count). The van der Waals surface area contributed by atoms with Gasteiger partial charge in [-0.15, -0.1) is 0 Å². The number of pyridine rings is 1. The van der Waals surface area contributed by atoms with Crippen molar-refractivity contribution < 1.29 is 30.0 Å². The number of benzene rings is 1. The number of amides is 1. The Bertz CT molecular complexity index is 1290. The average Bonchev–Trinajstić information content (AvgIpc) is 3.46. The van der Waals surface area contributed by atoms with E-state index in [1.54, 1.807) is 11.1 Å². The van der Waals surface area contributed by atoms with Gasteiger partial charge < -0.3 is 20.2 Å². The van der Waals surface area contributed by atoms with Crippen LogP contribution in [0.2, 0.25) is 0 Å². The minimum atomic E-state index is -0.200. The molecule has 167 valence electrons. The van der Waals surface area contributed by atoms with Crippen LogP contribution in [0.15, 0.2) is 61.1 Å². The standard InChI is InChI=1S/C23H20N7O2.Re/c1-2-19(31)29-11-10-15(13-29)30-23-20(22(24)26-14-27-23)21(28-30)18-9-8-17(12-25-18)32-16-6-4-3-5-7-16;/h1-9,12,14-15H,10-11,13H2,(H2,24,26,27);/q-1;/t15-;/m1./s1. The predicted octanol–water partition coefficient (Wildman–Crippen LogP) is 3.02. The Labute approximate surface area is 204 Å². The van der Waals surface area contributed by atoms with Crippen LogP contribution in [0.3, 0.4) is 0 Å². The van der Waals surface area contributed by atoms with Crippen molar-refractivity contribution >= 4 is 22.8 Å². The Balaban J connectivity index is 0.00000259. The first-order chi connectivity index (χ1) is 15.6. The number of nitrogens with zero attached hydrogens (tertiary/aromatic N) is 6. The van der Waals surface area contributed by atoms with E-state index in [1.807, 2.05) is 47.1 Å². The maximum atomic E-state index is 11.9. The first-order valence-electron chi connectivity index (χ1n) is 10.2. The molecule has 1 atom stereocenters. The summed E-state index contributed by atoms with van der Waals surface area (Å²) in [4.78, 5) is 26.7. The largest absolute Gasteiger partial charge is 0.456 e. The summed E-state index contributed by atoms with van der Waals surface area (Å²) in [6, 6.07) is 13.1. The zero-order valence-electron chi connectivity index (χ0n) is 17.5. The second kappa shape index (κ2) is 9.49. The molecule has 1 fully saturated rings. The molecule has 1 aliphatic rings. The maximum absolute atomic E-state index is 11.9. The number of ether oxygens (including phenoxy) is 1. The summed E-state index contributed by atoms with van der Waals surface area (Å²) in [5.74, 6) is 1.46. The number of nitrogens with two attached hydrogens (primary N) is 1. The minimum Gasteiger partial charge on any atom is -0.456 e. The van der Waals surface area contributed by atoms with Crippen LogP contribution in [-0.4, -0.2) is 48.6 Å². The monoisotopic (exact) mass is 613 g/mol. The quantitative estimate of drug-likeness (QED) is 0.273. The van der Waals surface area contributed by atoms with E-state index in [0.717, 1.165) is 18.2 Å². The van der Waals surface area contributed by atoms with Crippen LogP contribution >= 0.6 is 0 Å². The van der Waals surface area contributed by atoms with Crippen LogP contribution in [0.1, 0.15) is 12.5 Å². The van der Waals surface area contributed by atoms with Gasteiger partial charge in [0.2, 0.25) is 0 Å². The van der Waals surface area contributed by atoms with E-state index in [9.17, 15) is 4.79 Å². The second-order valence-corrected chi connectivity index (χ2v) is 7.44. The number of carbonyl (C=O) groups excluding carboxylic acids is 1. The van der Waals surface area contributed by atoms with Gasteiger partial charge in [0.25, 0.3) is 0 Å². The number of para-hydroxylation sites is 1. The number of anilines is 1. The summed E-state index contributed by atoms with van der Waals surface area (Å²) in [5, 5.41) is 5.42. The van der Waals surface area contributed by atoms with Crippen LogP contribution in [0.25, 0.3) is 22.4 Å². The SMILES string of the molecule is [CH-]=CC(=O)N1CC[C@@H](n2nc(-c3ccc(Oc4ccccc4)cn3)c3c(N)ncnc32)C1.[Re]. The molecule has 9 nitrogen and oxygen atoms in total. The molecule has 0 saturated carbocycles. The van der Waals surface area contributed by atoms with Gasteiger partial charge in [-0.1, -0.05) is 18.2 Å². The fourth-order valence-electron chi connectivity index (χ4n) is 3.88. The van der Waals surface area contributed by atoms with Gasteiger partial charge in [-0.05, 0) is 30.7 Å². The Morgan fingerprint density at radius 2 is 1.94 bits per heavy atom. The molecule has 10 heteroatoms. The first-order valence-corrected chi connectivity index (χ1v) is 10.2. The fraction of sp³-hybridized carbons (Fsp3) is 0.174. The van der Waals surface area contributed by atoms with E-state index in [1.165, 1.54) is 6.33 Å². The number of hydrogen-bond donors (Lipinski definition) is 1. The van der Waals surface area contributed by atoms with Crippen LogP contribution in [0.5, 0.6) is 11.5 Å². The fourth-order valence-corrected chi connectivity index (χ4v) is 3.88. The summed E-state index contributed by atoms with van der Waals surface area (Å²) in [6.45, 7) is 6.48. The molecule has 33 heavy (non-hydrogen) atoms. The number of likely N-dealkylation sites (tertiary alicyclic amines) is 1. The molecule has 0 unspecified atom stereocenters. The zero-order chi connectivity index (χ0) is 22.1. The van der Waals surface area contributed by atoms with Gasteiger partial charge >= 0.3 is 0 Å². The molecule has 0 aliphatic carbocycles. The third-order valence-electron chi connectivity index (χ3n) is 5.44. The summed E-state index contributed by atoms with van der Waals surface area (Å²) in [7, 11) is 0. The number of rotatable bonds is 5. The maximum Gasteiger partial charge on any atom is 0.164 e. The Morgan fingerprint density at radius 1 is 1.12 bits per heavy atom. The van der Waals surface area contributed by atoms with Crippen molar-refractivity contribution in [2.45, 2.75) is 12.5 Å². The van der Waals surface area contributed by atoms with Crippen LogP contribution < -0.4 is 10.5 Å². The topological polar surface area (TPSA) is 112 Å². The van der Waals surface area contributed by atoms with Gasteiger partial charge in [0.1, 0.15) is 29.3 Å². The smallest absolute Gasteiger partial charge is 0.164 e. The average molecular weight is 613 g/mol. The Kier molecular flexibility index (Phi) is 6.49. The molecular weight excluding hydrogens is 593 g/mol. The van der Waals surface area contributed by atoms with Crippen molar-refractivity contribution in [3.63, 3.8) is 0 Å². The van der Waals surface area contributed by atoms with Gasteiger partial charge in [-0.2, -0.15) is 11.2 Å². The van der Waals surface area contributed by atoms with Crippen molar-refractivity contribution in [3.05, 3.63) is 67.6 Å². The van der Waals surface area contributed by atoms with Crippen molar-refractivity contribution in [2.75, 3.05) is 18.8 Å². The van der Waals surface area contributed by atoms with E-state index in [-0.39, 0.29) is 32.4 Å². The summed E-state index contributed by atoms with van der Waals surface area (Å²) >= 11 is 0. The van der Waals surface area contributed by atoms with E-state index in [4.69, 9.17) is 22.1 Å². The first kappa shape index (κ1) is 22.6. The molecule has 1 aliphatic heterocycles. The summed E-state index contributed by atoms with van der Waals surface area (Å²) < 4.78 is 7.63. The molecule has 0 spiro atoms. The van der Waals surface area contributed by atoms with Crippen molar-refractivity contribution in [1.82, 2.24) is 29.6 Å². The van der Waals surface area contributed by atoms with Crippen molar-refractivity contribution in [2.24, 2.45) is 0 Å². The molecule has 4 heterocycles. The van der Waals surface area contributed by atoms with Crippen LogP contribution in [-0.2, 0) is 25.2 Å². The molecule has 3 aromatic heterocycles. The van der Waals surface area contributed by atoms with E-state index in [2.05, 4.69) is 15.0 Å². The van der Waals surface area contributed by atoms with Crippen molar-refractivity contribution in [3.8, 4) is 22.9 Å². The predicted molar refractivity (Wildman–Crippen MR) is 119 cm³/mol. The van der Waals surface area contributed by atoms with Gasteiger partial charge in [0.15, 0.2) is 5.65 Å². The van der Waals surface area contributed by atoms with Gasteiger partial charge in [0.05, 0.1) is 29.2 Å². The molecule has 0 bridgehead atoms. The van der Waals surface area contributed by atoms with E-state index in [0.29, 0.717) is 47.1 Å². The third kappa shape index (κ3) is 4.35. The van der Waals surface area contributed by atoms with Gasteiger partial charge in [0, 0.05) is 33.5 Å². The zero-order valence-corrected chi connectivity index (χ0v) is 20.2. The van der Waals surface area contributed by atoms with Gasteiger partial charge in [-0.3, -0.25) is 11.6 Å².